The summed E-state index contributed by atoms with van der Waals surface area (Å²) in [5, 5.41) is 9.67. The first-order valence-electron chi connectivity index (χ1n) is 8.21. The molecule has 0 aliphatic carbocycles. The summed E-state index contributed by atoms with van der Waals surface area (Å²) >= 11 is 7.90. The van der Waals surface area contributed by atoms with Gasteiger partial charge in [0.2, 0.25) is 0 Å². The smallest absolute Gasteiger partial charge is 0.191 e. The molecule has 0 saturated heterocycles. The summed E-state index contributed by atoms with van der Waals surface area (Å²) in [6.45, 7) is 4.82. The second-order valence-electron chi connectivity index (χ2n) is 5.88. The molecule has 4 nitrogen and oxygen atoms in total. The van der Waals surface area contributed by atoms with Crippen LogP contribution in [0.15, 0.2) is 40.7 Å². The molecule has 136 valence electrons. The molecule has 0 saturated carbocycles. The number of halogens is 2. The third-order valence-electron chi connectivity index (χ3n) is 4.18. The third-order valence-corrected chi connectivity index (χ3v) is 5.44. The highest BCUT2D eigenvalue weighted by Gasteiger charge is 2.16. The SMILES string of the molecule is CN=C(NCCN1CCc2sccc2C1)NCc1cccc(Cl)c1.I. The predicted molar refractivity (Wildman–Crippen MR) is 118 cm³/mol. The van der Waals surface area contributed by atoms with Crippen molar-refractivity contribution in [3.63, 3.8) is 0 Å². The molecule has 25 heavy (non-hydrogen) atoms. The van der Waals surface area contributed by atoms with Crippen LogP contribution < -0.4 is 10.6 Å². The Morgan fingerprint density at radius 3 is 3.00 bits per heavy atom. The van der Waals surface area contributed by atoms with Crippen molar-refractivity contribution in [2.75, 3.05) is 26.7 Å². The zero-order valence-electron chi connectivity index (χ0n) is 14.3. The van der Waals surface area contributed by atoms with Gasteiger partial charge in [0.1, 0.15) is 0 Å². The number of thiophene rings is 1. The normalized spacial score (nSPS) is 14.6. The minimum absolute atomic E-state index is 0. The molecule has 1 aromatic heterocycles. The van der Waals surface area contributed by atoms with Gasteiger partial charge in [-0.25, -0.2) is 0 Å². The van der Waals surface area contributed by atoms with Crippen LogP contribution in [0.4, 0.5) is 0 Å². The van der Waals surface area contributed by atoms with E-state index in [2.05, 4.69) is 38.0 Å². The van der Waals surface area contributed by atoms with E-state index < -0.39 is 0 Å². The summed E-state index contributed by atoms with van der Waals surface area (Å²) in [6.07, 6.45) is 1.18. The van der Waals surface area contributed by atoms with Gasteiger partial charge >= 0.3 is 0 Å². The maximum absolute atomic E-state index is 6.01. The quantitative estimate of drug-likeness (QED) is 0.381. The fraction of sp³-hybridized carbons (Fsp3) is 0.389. The van der Waals surface area contributed by atoms with E-state index in [0.717, 1.165) is 42.7 Å². The van der Waals surface area contributed by atoms with Crippen molar-refractivity contribution in [3.05, 3.63) is 56.7 Å². The Kier molecular flexibility index (Phi) is 8.48. The zero-order valence-corrected chi connectivity index (χ0v) is 18.2. The molecule has 0 atom stereocenters. The first kappa shape index (κ1) is 20.5. The van der Waals surface area contributed by atoms with Gasteiger partial charge < -0.3 is 10.6 Å². The molecule has 2 aromatic rings. The Morgan fingerprint density at radius 1 is 1.32 bits per heavy atom. The van der Waals surface area contributed by atoms with Crippen LogP contribution in [-0.2, 0) is 19.5 Å². The number of hydrogen-bond acceptors (Lipinski definition) is 3. The number of nitrogens with one attached hydrogen (secondary N) is 2. The highest BCUT2D eigenvalue weighted by Crippen LogP contribution is 2.23. The maximum Gasteiger partial charge on any atom is 0.191 e. The number of hydrogen-bond donors (Lipinski definition) is 2. The van der Waals surface area contributed by atoms with Crippen molar-refractivity contribution in [1.82, 2.24) is 15.5 Å². The Labute approximate surface area is 175 Å². The van der Waals surface area contributed by atoms with Crippen molar-refractivity contribution in [2.45, 2.75) is 19.5 Å². The number of guanidine groups is 1. The van der Waals surface area contributed by atoms with Crippen LogP contribution in [0.3, 0.4) is 0 Å². The minimum Gasteiger partial charge on any atom is -0.355 e. The summed E-state index contributed by atoms with van der Waals surface area (Å²) in [5.41, 5.74) is 2.64. The topological polar surface area (TPSA) is 39.7 Å². The molecule has 2 heterocycles. The molecule has 1 aromatic carbocycles. The number of fused-ring (bicyclic) bond motifs is 1. The molecule has 3 rings (SSSR count). The summed E-state index contributed by atoms with van der Waals surface area (Å²) < 4.78 is 0. The van der Waals surface area contributed by atoms with Gasteiger partial charge in [0, 0.05) is 49.7 Å². The summed E-state index contributed by atoms with van der Waals surface area (Å²) in [5.74, 6) is 0.822. The van der Waals surface area contributed by atoms with Gasteiger partial charge in [-0.05, 0) is 41.1 Å². The standard InChI is InChI=1S/C18H23ClN4S.HI/c1-20-18(22-12-14-3-2-4-16(19)11-14)21-7-9-23-8-5-17-15(13-23)6-10-24-17;/h2-4,6,10-11H,5,7-9,12-13H2,1H3,(H2,20,21,22);1H. The van der Waals surface area contributed by atoms with Crippen LogP contribution in [0.5, 0.6) is 0 Å². The van der Waals surface area contributed by atoms with Crippen molar-refractivity contribution in [1.29, 1.82) is 0 Å². The van der Waals surface area contributed by atoms with Gasteiger partial charge in [-0.3, -0.25) is 9.89 Å². The molecule has 7 heteroatoms. The third kappa shape index (κ3) is 6.13. The highest BCUT2D eigenvalue weighted by molar-refractivity contribution is 14.0. The van der Waals surface area contributed by atoms with E-state index in [1.165, 1.54) is 12.0 Å². The number of benzene rings is 1. The fourth-order valence-electron chi connectivity index (χ4n) is 2.88. The molecule has 0 spiro atoms. The van der Waals surface area contributed by atoms with E-state index >= 15 is 0 Å². The Balaban J connectivity index is 0.00000225. The van der Waals surface area contributed by atoms with Crippen molar-refractivity contribution >= 4 is 52.9 Å². The molecule has 1 aliphatic heterocycles. The Bertz CT molecular complexity index is 704. The van der Waals surface area contributed by atoms with E-state index in [1.54, 1.807) is 11.9 Å². The van der Waals surface area contributed by atoms with Gasteiger partial charge in [0.25, 0.3) is 0 Å². The number of aliphatic imine (C=N–C) groups is 1. The molecule has 0 unspecified atom stereocenters. The summed E-state index contributed by atoms with van der Waals surface area (Å²) in [6, 6.07) is 10.1. The average molecular weight is 491 g/mol. The first-order chi connectivity index (χ1) is 11.7. The van der Waals surface area contributed by atoms with Crippen LogP contribution in [0.1, 0.15) is 16.0 Å². The van der Waals surface area contributed by atoms with E-state index in [1.807, 2.05) is 29.5 Å². The molecular formula is C18H24ClIN4S. The predicted octanol–water partition coefficient (Wildman–Crippen LogP) is 3.74. The van der Waals surface area contributed by atoms with Crippen LogP contribution in [-0.4, -0.2) is 37.5 Å². The molecule has 0 fully saturated rings. The van der Waals surface area contributed by atoms with Crippen molar-refractivity contribution in [2.24, 2.45) is 4.99 Å². The Morgan fingerprint density at radius 2 is 2.20 bits per heavy atom. The van der Waals surface area contributed by atoms with Gasteiger partial charge in [0.15, 0.2) is 5.96 Å². The zero-order chi connectivity index (χ0) is 16.8. The lowest BCUT2D eigenvalue weighted by atomic mass is 10.1. The summed E-state index contributed by atoms with van der Waals surface area (Å²) in [4.78, 5) is 8.33. The second kappa shape index (κ2) is 10.4. The van der Waals surface area contributed by atoms with E-state index in [9.17, 15) is 0 Å². The largest absolute Gasteiger partial charge is 0.355 e. The molecule has 1 aliphatic rings. The number of nitrogens with zero attached hydrogens (tertiary/aromatic N) is 2. The van der Waals surface area contributed by atoms with E-state index in [-0.39, 0.29) is 24.0 Å². The lowest BCUT2D eigenvalue weighted by Crippen LogP contribution is -2.42. The van der Waals surface area contributed by atoms with Gasteiger partial charge in [-0.15, -0.1) is 35.3 Å². The van der Waals surface area contributed by atoms with Crippen LogP contribution in [0.2, 0.25) is 5.02 Å². The molecular weight excluding hydrogens is 467 g/mol. The molecule has 2 N–H and O–H groups in total. The van der Waals surface area contributed by atoms with Crippen molar-refractivity contribution in [3.8, 4) is 0 Å². The minimum atomic E-state index is 0. The first-order valence-corrected chi connectivity index (χ1v) is 9.47. The van der Waals surface area contributed by atoms with E-state index in [4.69, 9.17) is 11.6 Å². The van der Waals surface area contributed by atoms with Gasteiger partial charge in [-0.2, -0.15) is 0 Å². The van der Waals surface area contributed by atoms with Gasteiger partial charge in [0.05, 0.1) is 0 Å². The lowest BCUT2D eigenvalue weighted by molar-refractivity contribution is 0.260. The number of rotatable bonds is 5. The van der Waals surface area contributed by atoms with Gasteiger partial charge in [-0.1, -0.05) is 23.7 Å². The summed E-state index contributed by atoms with van der Waals surface area (Å²) in [7, 11) is 1.80. The molecule has 0 radical (unpaired) electrons. The highest BCUT2D eigenvalue weighted by atomic mass is 127. The maximum atomic E-state index is 6.01. The van der Waals surface area contributed by atoms with Crippen LogP contribution in [0, 0.1) is 0 Å². The van der Waals surface area contributed by atoms with Crippen LogP contribution in [0.25, 0.3) is 0 Å². The average Bonchev–Trinajstić information content (AvgIpc) is 3.05. The van der Waals surface area contributed by atoms with Crippen LogP contribution >= 0.6 is 46.9 Å². The van der Waals surface area contributed by atoms with E-state index in [0.29, 0.717) is 6.54 Å². The second-order valence-corrected chi connectivity index (χ2v) is 7.31. The Hall–Kier alpha value is -0.830. The fourth-order valence-corrected chi connectivity index (χ4v) is 3.99. The van der Waals surface area contributed by atoms with Crippen molar-refractivity contribution < 1.29 is 0 Å². The monoisotopic (exact) mass is 490 g/mol. The lowest BCUT2D eigenvalue weighted by Gasteiger charge is -2.27. The molecule has 0 bridgehead atoms. The molecule has 0 amide bonds.